The Morgan fingerprint density at radius 3 is 2.32 bits per heavy atom. The molecule has 0 saturated carbocycles. The van der Waals surface area contributed by atoms with E-state index in [0.29, 0.717) is 0 Å². The Kier molecular flexibility index (Phi) is 4.38. The molecule has 0 aromatic heterocycles. The lowest BCUT2D eigenvalue weighted by atomic mass is 10.0. The second kappa shape index (κ2) is 5.85. The molecular formula is C14H17O4P. The maximum atomic E-state index is 12.0. The van der Waals surface area contributed by atoms with Crippen molar-refractivity contribution in [3.63, 3.8) is 0 Å². The van der Waals surface area contributed by atoms with Crippen LogP contribution in [-0.2, 0) is 18.1 Å². The normalized spacial score (nSPS) is 13.6. The predicted molar refractivity (Wildman–Crippen MR) is 75.1 cm³/mol. The minimum absolute atomic E-state index is 0.392. The highest BCUT2D eigenvalue weighted by atomic mass is 31.2. The molecule has 0 radical (unpaired) electrons. The lowest BCUT2D eigenvalue weighted by Gasteiger charge is -2.20. The molecule has 2 aromatic carbocycles. The minimum Gasteiger partial charge on any atom is -0.290 e. The number of benzene rings is 2. The summed E-state index contributed by atoms with van der Waals surface area (Å²) in [5.41, 5.74) is 0.951. The van der Waals surface area contributed by atoms with Crippen LogP contribution >= 0.6 is 7.82 Å². The van der Waals surface area contributed by atoms with Gasteiger partial charge in [-0.2, -0.15) is 0 Å². The summed E-state index contributed by atoms with van der Waals surface area (Å²) in [6, 6.07) is 13.9. The van der Waals surface area contributed by atoms with Crippen molar-refractivity contribution >= 4 is 18.6 Å². The molecule has 1 atom stereocenters. The molecule has 0 bridgehead atoms. The van der Waals surface area contributed by atoms with Gasteiger partial charge in [-0.1, -0.05) is 42.5 Å². The summed E-state index contributed by atoms with van der Waals surface area (Å²) in [6.45, 7) is 1.83. The molecule has 2 aromatic rings. The molecule has 0 saturated heterocycles. The number of hydrogen-bond acceptors (Lipinski definition) is 4. The Hall–Kier alpha value is -1.19. The average molecular weight is 280 g/mol. The van der Waals surface area contributed by atoms with Crippen LogP contribution < -0.4 is 0 Å². The summed E-state index contributed by atoms with van der Waals surface area (Å²) in [7, 11) is -0.869. The zero-order chi connectivity index (χ0) is 13.9. The molecule has 0 amide bonds. The van der Waals surface area contributed by atoms with Crippen molar-refractivity contribution in [1.82, 2.24) is 0 Å². The van der Waals surface area contributed by atoms with Crippen LogP contribution in [0.3, 0.4) is 0 Å². The van der Waals surface area contributed by atoms with E-state index in [9.17, 15) is 4.57 Å². The highest BCUT2D eigenvalue weighted by Gasteiger charge is 2.27. The van der Waals surface area contributed by atoms with Crippen LogP contribution in [0.25, 0.3) is 10.8 Å². The molecule has 0 heterocycles. The fourth-order valence-electron chi connectivity index (χ4n) is 2.02. The fraction of sp³-hybridized carbons (Fsp3) is 0.286. The average Bonchev–Trinajstić information content (AvgIpc) is 2.46. The van der Waals surface area contributed by atoms with Crippen LogP contribution in [-0.4, -0.2) is 14.2 Å². The Morgan fingerprint density at radius 2 is 1.63 bits per heavy atom. The first kappa shape index (κ1) is 14.2. The van der Waals surface area contributed by atoms with Crippen LogP contribution in [0.2, 0.25) is 0 Å². The quantitative estimate of drug-likeness (QED) is 0.765. The van der Waals surface area contributed by atoms with Crippen molar-refractivity contribution in [1.29, 1.82) is 0 Å². The van der Waals surface area contributed by atoms with E-state index in [2.05, 4.69) is 0 Å². The summed E-state index contributed by atoms with van der Waals surface area (Å²) < 4.78 is 27.0. The van der Waals surface area contributed by atoms with E-state index >= 15 is 0 Å². The lowest BCUT2D eigenvalue weighted by Crippen LogP contribution is -2.02. The van der Waals surface area contributed by atoms with Gasteiger partial charge in [-0.3, -0.25) is 13.6 Å². The van der Waals surface area contributed by atoms with E-state index in [0.717, 1.165) is 16.3 Å². The molecule has 0 unspecified atom stereocenters. The maximum absolute atomic E-state index is 12.0. The molecule has 0 spiro atoms. The number of rotatable bonds is 5. The number of phosphoric ester groups is 1. The third kappa shape index (κ3) is 3.04. The Bertz CT molecular complexity index is 598. The highest BCUT2D eigenvalue weighted by Crippen LogP contribution is 2.51. The minimum atomic E-state index is -3.48. The largest absolute Gasteiger partial charge is 0.474 e. The molecule has 0 aliphatic carbocycles. The molecule has 102 valence electrons. The van der Waals surface area contributed by atoms with E-state index in [1.165, 1.54) is 14.2 Å². The first-order valence-corrected chi connectivity index (χ1v) is 7.43. The van der Waals surface area contributed by atoms with Gasteiger partial charge in [-0.05, 0) is 23.3 Å². The first-order chi connectivity index (χ1) is 9.09. The van der Waals surface area contributed by atoms with Gasteiger partial charge in [0.05, 0.1) is 6.10 Å². The molecule has 19 heavy (non-hydrogen) atoms. The van der Waals surface area contributed by atoms with Gasteiger partial charge < -0.3 is 0 Å². The van der Waals surface area contributed by atoms with Gasteiger partial charge in [-0.15, -0.1) is 0 Å². The van der Waals surface area contributed by atoms with Crippen molar-refractivity contribution in [2.45, 2.75) is 13.0 Å². The monoisotopic (exact) mass is 280 g/mol. The maximum Gasteiger partial charge on any atom is 0.474 e. The second-order valence-electron chi connectivity index (χ2n) is 4.13. The second-order valence-corrected chi connectivity index (χ2v) is 5.96. The van der Waals surface area contributed by atoms with Crippen LogP contribution in [0.4, 0.5) is 0 Å². The summed E-state index contributed by atoms with van der Waals surface area (Å²) in [6.07, 6.45) is -0.392. The van der Waals surface area contributed by atoms with Gasteiger partial charge in [-0.25, -0.2) is 4.57 Å². The van der Waals surface area contributed by atoms with Crippen molar-refractivity contribution in [3.05, 3.63) is 48.0 Å². The van der Waals surface area contributed by atoms with Crippen molar-refractivity contribution in [3.8, 4) is 0 Å². The topological polar surface area (TPSA) is 44.8 Å². The highest BCUT2D eigenvalue weighted by molar-refractivity contribution is 7.48. The zero-order valence-electron chi connectivity index (χ0n) is 11.2. The molecular weight excluding hydrogens is 263 g/mol. The Morgan fingerprint density at radius 1 is 1.00 bits per heavy atom. The molecule has 0 aliphatic rings. The summed E-state index contributed by atoms with van der Waals surface area (Å²) in [5.74, 6) is 0. The van der Waals surface area contributed by atoms with Crippen LogP contribution in [0.15, 0.2) is 42.5 Å². The van der Waals surface area contributed by atoms with Crippen LogP contribution in [0.5, 0.6) is 0 Å². The first-order valence-electron chi connectivity index (χ1n) is 5.97. The third-order valence-electron chi connectivity index (χ3n) is 3.00. The predicted octanol–water partition coefficient (Wildman–Crippen LogP) is 4.32. The zero-order valence-corrected chi connectivity index (χ0v) is 12.1. The molecule has 2 rings (SSSR count). The SMILES string of the molecule is COP(=O)(OC)O[C@@H](C)c1cccc2ccccc12. The van der Waals surface area contributed by atoms with Gasteiger partial charge in [0.2, 0.25) is 0 Å². The molecule has 5 heteroatoms. The van der Waals surface area contributed by atoms with Gasteiger partial charge in [0.1, 0.15) is 0 Å². The number of fused-ring (bicyclic) bond motifs is 1. The Labute approximate surface area is 112 Å². The Balaban J connectivity index is 2.37. The number of hydrogen-bond donors (Lipinski definition) is 0. The van der Waals surface area contributed by atoms with Crippen molar-refractivity contribution < 1.29 is 18.1 Å². The van der Waals surface area contributed by atoms with E-state index in [1.54, 1.807) is 0 Å². The molecule has 0 N–H and O–H groups in total. The van der Waals surface area contributed by atoms with Gasteiger partial charge >= 0.3 is 7.82 Å². The van der Waals surface area contributed by atoms with Crippen LogP contribution in [0.1, 0.15) is 18.6 Å². The van der Waals surface area contributed by atoms with Gasteiger partial charge in [0.25, 0.3) is 0 Å². The van der Waals surface area contributed by atoms with Crippen molar-refractivity contribution in [2.24, 2.45) is 0 Å². The van der Waals surface area contributed by atoms with E-state index in [1.807, 2.05) is 49.4 Å². The van der Waals surface area contributed by atoms with Crippen LogP contribution in [0, 0.1) is 0 Å². The smallest absolute Gasteiger partial charge is 0.290 e. The van der Waals surface area contributed by atoms with Crippen molar-refractivity contribution in [2.75, 3.05) is 14.2 Å². The van der Waals surface area contributed by atoms with E-state index < -0.39 is 13.9 Å². The summed E-state index contributed by atoms with van der Waals surface area (Å²) in [4.78, 5) is 0. The fourth-order valence-corrected chi connectivity index (χ4v) is 2.84. The standard InChI is InChI=1S/C14H17O4P/c1-11(18-19(15,16-2)17-3)13-10-6-8-12-7-4-5-9-14(12)13/h4-11H,1-3H3/t11-/m0/s1. The molecule has 0 aliphatic heterocycles. The molecule has 4 nitrogen and oxygen atoms in total. The summed E-state index contributed by atoms with van der Waals surface area (Å²) >= 11 is 0. The van der Waals surface area contributed by atoms with Gasteiger partial charge in [0.15, 0.2) is 0 Å². The third-order valence-corrected chi connectivity index (χ3v) is 4.46. The number of phosphoric acid groups is 1. The lowest BCUT2D eigenvalue weighted by molar-refractivity contribution is 0.114. The summed E-state index contributed by atoms with van der Waals surface area (Å²) in [5, 5.41) is 2.18. The molecule has 0 fully saturated rings. The van der Waals surface area contributed by atoms with E-state index in [4.69, 9.17) is 13.6 Å². The van der Waals surface area contributed by atoms with E-state index in [-0.39, 0.29) is 0 Å². The van der Waals surface area contributed by atoms with Gasteiger partial charge in [0, 0.05) is 14.2 Å².